The van der Waals surface area contributed by atoms with Crippen LogP contribution in [0, 0.1) is 0 Å². The minimum absolute atomic E-state index is 0.0140. The molecule has 4 atom stereocenters. The van der Waals surface area contributed by atoms with Gasteiger partial charge in [0.1, 0.15) is 24.4 Å². The Morgan fingerprint density at radius 2 is 0.740 bits per heavy atom. The molecule has 7 N–H and O–H groups in total. The van der Waals surface area contributed by atoms with Gasteiger partial charge in [0.15, 0.2) is 0 Å². The minimum atomic E-state index is -0.879. The van der Waals surface area contributed by atoms with Gasteiger partial charge in [-0.2, -0.15) is 0 Å². The molecular formula is C36H74O14. The smallest absolute Gasteiger partial charge is 0.303 e. The van der Waals surface area contributed by atoms with Crippen molar-refractivity contribution < 1.29 is 69.0 Å². The fourth-order valence-electron chi connectivity index (χ4n) is 5.26. The van der Waals surface area contributed by atoms with E-state index in [2.05, 4.69) is 6.92 Å². The third-order valence-electron chi connectivity index (χ3n) is 7.74. The quantitative estimate of drug-likeness (QED) is 0.0453. The van der Waals surface area contributed by atoms with Gasteiger partial charge in [0.05, 0.1) is 92.5 Å². The zero-order valence-electron chi connectivity index (χ0n) is 31.0. The van der Waals surface area contributed by atoms with Crippen molar-refractivity contribution >= 4 is 5.97 Å². The molecule has 0 bridgehead atoms. The highest BCUT2D eigenvalue weighted by atomic mass is 16.6. The van der Waals surface area contributed by atoms with E-state index in [1.807, 2.05) is 0 Å². The predicted molar refractivity (Wildman–Crippen MR) is 190 cm³/mol. The number of aliphatic hydroxyl groups is 6. The minimum Gasteiger partial charge on any atom is -0.481 e. The molecule has 0 fully saturated rings. The van der Waals surface area contributed by atoms with Crippen molar-refractivity contribution in [1.29, 1.82) is 0 Å². The van der Waals surface area contributed by atoms with Gasteiger partial charge in [-0.25, -0.2) is 0 Å². The zero-order chi connectivity index (χ0) is 37.3. The standard InChI is InChI=1S/C18H38O12.C18H36O2/c19-1-7-25-13-15(27-9-3-21)17(29-11-5-23)18(30-12-6-24)16(28-10-4-22)14-26-8-2-20;1-2-3-4-5-6-7-8-9-10-11-12-13-14-15-16-17-18(19)20/h15-24H,1-14H2;2-17H2,1H3,(H,19,20). The molecule has 0 saturated carbocycles. The summed E-state index contributed by atoms with van der Waals surface area (Å²) < 4.78 is 33.5. The van der Waals surface area contributed by atoms with E-state index >= 15 is 0 Å². The average Bonchev–Trinajstić information content (AvgIpc) is 3.11. The number of ether oxygens (including phenoxy) is 6. The van der Waals surface area contributed by atoms with E-state index in [0.29, 0.717) is 6.42 Å². The Bertz CT molecular complexity index is 628. The molecule has 0 aromatic rings. The molecule has 0 aliphatic carbocycles. The monoisotopic (exact) mass is 731 g/mol. The SMILES string of the molecule is CCCCCCCCCCCCCCCCCC(=O)O.OCCOCC(OCCO)C(OCCO)C(OCCO)C(COCCO)OCCO. The maximum absolute atomic E-state index is 10.3. The Morgan fingerprint density at radius 3 is 1.04 bits per heavy atom. The van der Waals surface area contributed by atoms with Gasteiger partial charge in [0.25, 0.3) is 0 Å². The number of hydrogen-bond acceptors (Lipinski definition) is 13. The Balaban J connectivity index is 0. The first-order valence-corrected chi connectivity index (χ1v) is 19.0. The number of carboxylic acid groups (broad SMARTS) is 1. The van der Waals surface area contributed by atoms with Crippen LogP contribution in [0.3, 0.4) is 0 Å². The Morgan fingerprint density at radius 1 is 0.440 bits per heavy atom. The molecule has 4 unspecified atom stereocenters. The second-order valence-electron chi connectivity index (χ2n) is 12.1. The highest BCUT2D eigenvalue weighted by Crippen LogP contribution is 2.20. The van der Waals surface area contributed by atoms with Crippen LogP contribution in [0.2, 0.25) is 0 Å². The number of rotatable bonds is 39. The summed E-state index contributed by atoms with van der Waals surface area (Å²) in [6.45, 7) is 0.705. The fourth-order valence-corrected chi connectivity index (χ4v) is 5.26. The van der Waals surface area contributed by atoms with Gasteiger partial charge in [0, 0.05) is 6.42 Å². The van der Waals surface area contributed by atoms with Gasteiger partial charge in [-0.3, -0.25) is 4.79 Å². The van der Waals surface area contributed by atoms with Crippen molar-refractivity contribution in [2.75, 3.05) is 92.5 Å². The number of carbonyl (C=O) groups is 1. The molecule has 0 aliphatic heterocycles. The molecule has 14 nitrogen and oxygen atoms in total. The van der Waals surface area contributed by atoms with Gasteiger partial charge in [0.2, 0.25) is 0 Å². The van der Waals surface area contributed by atoms with E-state index in [1.165, 1.54) is 83.5 Å². The Hall–Kier alpha value is -1.01. The predicted octanol–water partition coefficient (Wildman–Crippen LogP) is 2.85. The van der Waals surface area contributed by atoms with E-state index in [-0.39, 0.29) is 92.5 Å². The highest BCUT2D eigenvalue weighted by Gasteiger charge is 2.38. The maximum atomic E-state index is 10.3. The summed E-state index contributed by atoms with van der Waals surface area (Å²) in [7, 11) is 0. The third kappa shape index (κ3) is 34.1. The molecule has 0 aromatic carbocycles. The molecule has 0 saturated heterocycles. The van der Waals surface area contributed by atoms with Crippen molar-refractivity contribution in [3.05, 3.63) is 0 Å². The van der Waals surface area contributed by atoms with Gasteiger partial charge >= 0.3 is 5.97 Å². The molecule has 14 heteroatoms. The third-order valence-corrected chi connectivity index (χ3v) is 7.74. The van der Waals surface area contributed by atoms with Crippen LogP contribution in [0.1, 0.15) is 110 Å². The fraction of sp³-hybridized carbons (Fsp3) is 0.972. The number of unbranched alkanes of at least 4 members (excludes halogenated alkanes) is 14. The van der Waals surface area contributed by atoms with E-state index < -0.39 is 30.4 Å². The molecule has 0 amide bonds. The number of hydrogen-bond donors (Lipinski definition) is 7. The summed E-state index contributed by atoms with van der Waals surface area (Å²) in [6, 6.07) is 0. The van der Waals surface area contributed by atoms with Crippen LogP contribution in [0.25, 0.3) is 0 Å². The van der Waals surface area contributed by atoms with Crippen molar-refractivity contribution in [3.8, 4) is 0 Å². The molecule has 302 valence electrons. The Labute approximate surface area is 301 Å². The van der Waals surface area contributed by atoms with Crippen molar-refractivity contribution in [3.63, 3.8) is 0 Å². The Kier molecular flexibility index (Phi) is 43.3. The normalized spacial score (nSPS) is 13.8. The summed E-state index contributed by atoms with van der Waals surface area (Å²) in [5, 5.41) is 63.2. The summed E-state index contributed by atoms with van der Waals surface area (Å²) in [5.74, 6) is -0.653. The van der Waals surface area contributed by atoms with Crippen molar-refractivity contribution in [1.82, 2.24) is 0 Å². The zero-order valence-corrected chi connectivity index (χ0v) is 31.0. The summed E-state index contributed by atoms with van der Waals surface area (Å²) >= 11 is 0. The van der Waals surface area contributed by atoms with E-state index in [9.17, 15) is 15.0 Å². The topological polar surface area (TPSA) is 214 Å². The molecule has 0 rings (SSSR count). The first-order chi connectivity index (χ1) is 24.5. The lowest BCUT2D eigenvalue weighted by Crippen LogP contribution is -2.53. The summed E-state index contributed by atoms with van der Waals surface area (Å²) in [5.41, 5.74) is 0. The lowest BCUT2D eigenvalue weighted by molar-refractivity contribution is -0.203. The van der Waals surface area contributed by atoms with Gasteiger partial charge in [-0.1, -0.05) is 96.8 Å². The van der Waals surface area contributed by atoms with Gasteiger partial charge in [-0.05, 0) is 6.42 Å². The molecule has 0 aliphatic rings. The van der Waals surface area contributed by atoms with Crippen LogP contribution in [0.15, 0.2) is 0 Å². The number of aliphatic carboxylic acids is 1. The van der Waals surface area contributed by atoms with Crippen LogP contribution in [0.5, 0.6) is 0 Å². The molecule has 0 aromatic heterocycles. The lowest BCUT2D eigenvalue weighted by atomic mass is 10.0. The second kappa shape index (κ2) is 42.4. The van der Waals surface area contributed by atoms with E-state index in [0.717, 1.165) is 12.8 Å². The number of carboxylic acids is 1. The molecule has 50 heavy (non-hydrogen) atoms. The van der Waals surface area contributed by atoms with Crippen LogP contribution in [-0.4, -0.2) is 159 Å². The molecule has 0 radical (unpaired) electrons. The first kappa shape index (κ1) is 51.1. The molecular weight excluding hydrogens is 656 g/mol. The van der Waals surface area contributed by atoms with E-state index in [1.54, 1.807) is 0 Å². The van der Waals surface area contributed by atoms with Crippen molar-refractivity contribution in [2.45, 2.75) is 134 Å². The van der Waals surface area contributed by atoms with Crippen LogP contribution in [0.4, 0.5) is 0 Å². The van der Waals surface area contributed by atoms with Gasteiger partial charge < -0.3 is 64.2 Å². The number of aliphatic hydroxyl groups excluding tert-OH is 6. The maximum Gasteiger partial charge on any atom is 0.303 e. The molecule has 0 heterocycles. The second-order valence-corrected chi connectivity index (χ2v) is 12.1. The van der Waals surface area contributed by atoms with Crippen molar-refractivity contribution in [2.24, 2.45) is 0 Å². The molecule has 0 spiro atoms. The summed E-state index contributed by atoms with van der Waals surface area (Å²) in [4.78, 5) is 10.3. The first-order valence-electron chi connectivity index (χ1n) is 19.0. The lowest BCUT2D eigenvalue weighted by Gasteiger charge is -2.37. The van der Waals surface area contributed by atoms with Crippen LogP contribution >= 0.6 is 0 Å². The van der Waals surface area contributed by atoms with Gasteiger partial charge in [-0.15, -0.1) is 0 Å². The highest BCUT2D eigenvalue weighted by molar-refractivity contribution is 5.66. The van der Waals surface area contributed by atoms with Crippen LogP contribution < -0.4 is 0 Å². The van der Waals surface area contributed by atoms with Crippen LogP contribution in [-0.2, 0) is 33.2 Å². The van der Waals surface area contributed by atoms with E-state index in [4.69, 9.17) is 54.0 Å². The summed E-state index contributed by atoms with van der Waals surface area (Å²) in [6.07, 6.45) is 16.9. The largest absolute Gasteiger partial charge is 0.481 e. The average molecular weight is 731 g/mol.